The fourth-order valence-corrected chi connectivity index (χ4v) is 1.76. The van der Waals surface area contributed by atoms with Gasteiger partial charge in [-0.25, -0.2) is 0 Å². The SMILES string of the molecule is CCCCCCC(=O)NNC(=O)COc1ccc([N+](=O)[O-])cc1. The molecule has 1 aromatic carbocycles. The Bertz CT molecular complexity index is 530. The second kappa shape index (κ2) is 10.1. The van der Waals surface area contributed by atoms with Gasteiger partial charge in [0.1, 0.15) is 5.75 Å². The molecule has 0 unspecified atom stereocenters. The van der Waals surface area contributed by atoms with Crippen LogP contribution in [0.1, 0.15) is 39.0 Å². The Labute approximate surface area is 134 Å². The molecule has 1 aromatic rings. The number of amides is 2. The van der Waals surface area contributed by atoms with Crippen molar-refractivity contribution in [2.75, 3.05) is 6.61 Å². The van der Waals surface area contributed by atoms with E-state index in [-0.39, 0.29) is 18.2 Å². The lowest BCUT2D eigenvalue weighted by molar-refractivity contribution is -0.384. The van der Waals surface area contributed by atoms with Gasteiger partial charge in [0.2, 0.25) is 5.91 Å². The molecule has 0 aliphatic rings. The molecule has 0 atom stereocenters. The number of benzene rings is 1. The van der Waals surface area contributed by atoms with E-state index >= 15 is 0 Å². The summed E-state index contributed by atoms with van der Waals surface area (Å²) in [5, 5.41) is 10.5. The third-order valence-electron chi connectivity index (χ3n) is 3.02. The molecule has 126 valence electrons. The molecule has 0 bridgehead atoms. The van der Waals surface area contributed by atoms with Crippen molar-refractivity contribution in [1.29, 1.82) is 0 Å². The number of nitro benzene ring substituents is 1. The molecule has 0 saturated heterocycles. The fraction of sp³-hybridized carbons (Fsp3) is 0.467. The number of hydrogen-bond acceptors (Lipinski definition) is 5. The first-order chi connectivity index (χ1) is 11.0. The summed E-state index contributed by atoms with van der Waals surface area (Å²) in [5.41, 5.74) is 4.51. The third kappa shape index (κ3) is 7.79. The Morgan fingerprint density at radius 2 is 1.74 bits per heavy atom. The summed E-state index contributed by atoms with van der Waals surface area (Å²) in [6.07, 6.45) is 4.32. The van der Waals surface area contributed by atoms with Crippen LogP contribution in [0.5, 0.6) is 5.75 Å². The molecule has 0 aromatic heterocycles. The lowest BCUT2D eigenvalue weighted by atomic mass is 10.1. The zero-order valence-corrected chi connectivity index (χ0v) is 13.0. The number of nitro groups is 1. The molecule has 8 heteroatoms. The van der Waals surface area contributed by atoms with Gasteiger partial charge >= 0.3 is 0 Å². The van der Waals surface area contributed by atoms with E-state index in [0.29, 0.717) is 12.2 Å². The molecule has 0 aliphatic heterocycles. The summed E-state index contributed by atoms with van der Waals surface area (Å²) >= 11 is 0. The molecule has 0 radical (unpaired) electrons. The summed E-state index contributed by atoms with van der Waals surface area (Å²) in [7, 11) is 0. The molecule has 23 heavy (non-hydrogen) atoms. The second-order valence-corrected chi connectivity index (χ2v) is 4.95. The number of unbranched alkanes of at least 4 members (excludes halogenated alkanes) is 3. The van der Waals surface area contributed by atoms with Crippen LogP contribution < -0.4 is 15.6 Å². The highest BCUT2D eigenvalue weighted by atomic mass is 16.6. The second-order valence-electron chi connectivity index (χ2n) is 4.95. The quantitative estimate of drug-likeness (QED) is 0.411. The van der Waals surface area contributed by atoms with Crippen molar-refractivity contribution < 1.29 is 19.2 Å². The van der Waals surface area contributed by atoms with E-state index in [2.05, 4.69) is 17.8 Å². The summed E-state index contributed by atoms with van der Waals surface area (Å²) in [6.45, 7) is 1.79. The van der Waals surface area contributed by atoms with Gasteiger partial charge in [0, 0.05) is 18.6 Å². The van der Waals surface area contributed by atoms with E-state index in [0.717, 1.165) is 25.7 Å². The Balaban J connectivity index is 2.21. The smallest absolute Gasteiger partial charge is 0.276 e. The highest BCUT2D eigenvalue weighted by Crippen LogP contribution is 2.16. The van der Waals surface area contributed by atoms with Gasteiger partial charge in [-0.3, -0.25) is 30.6 Å². The van der Waals surface area contributed by atoms with E-state index in [4.69, 9.17) is 4.74 Å². The molecule has 8 nitrogen and oxygen atoms in total. The number of nitrogens with one attached hydrogen (secondary N) is 2. The monoisotopic (exact) mass is 323 g/mol. The minimum atomic E-state index is -0.521. The summed E-state index contributed by atoms with van der Waals surface area (Å²) < 4.78 is 5.16. The van der Waals surface area contributed by atoms with Gasteiger partial charge in [-0.2, -0.15) is 0 Å². The average molecular weight is 323 g/mol. The van der Waals surface area contributed by atoms with Gasteiger partial charge in [0.25, 0.3) is 11.6 Å². The Hall–Kier alpha value is -2.64. The van der Waals surface area contributed by atoms with Crippen LogP contribution in [0.3, 0.4) is 0 Å². The van der Waals surface area contributed by atoms with Crippen LogP contribution in [0.2, 0.25) is 0 Å². The molecular formula is C15H21N3O5. The standard InChI is InChI=1S/C15H21N3O5/c1-2-3-4-5-6-14(19)16-17-15(20)11-23-13-9-7-12(8-10-13)18(21)22/h7-10H,2-6,11H2,1H3,(H,16,19)(H,17,20). The number of carbonyl (C=O) groups is 2. The molecule has 1 rings (SSSR count). The highest BCUT2D eigenvalue weighted by molar-refractivity contribution is 5.82. The first-order valence-corrected chi connectivity index (χ1v) is 7.48. The van der Waals surface area contributed by atoms with E-state index in [9.17, 15) is 19.7 Å². The van der Waals surface area contributed by atoms with Gasteiger partial charge in [0.05, 0.1) is 4.92 Å². The normalized spacial score (nSPS) is 9.96. The number of carbonyl (C=O) groups excluding carboxylic acids is 2. The molecule has 0 saturated carbocycles. The molecule has 0 aliphatic carbocycles. The molecule has 2 N–H and O–H groups in total. The predicted octanol–water partition coefficient (Wildman–Crippen LogP) is 2.09. The zero-order valence-electron chi connectivity index (χ0n) is 13.0. The van der Waals surface area contributed by atoms with Crippen LogP contribution >= 0.6 is 0 Å². The lowest BCUT2D eigenvalue weighted by Gasteiger charge is -2.08. The van der Waals surface area contributed by atoms with Gasteiger partial charge in [-0.1, -0.05) is 26.2 Å². The molecule has 0 heterocycles. The topological polar surface area (TPSA) is 111 Å². The van der Waals surface area contributed by atoms with Gasteiger partial charge < -0.3 is 4.74 Å². The van der Waals surface area contributed by atoms with Crippen molar-refractivity contribution in [3.05, 3.63) is 34.4 Å². The van der Waals surface area contributed by atoms with Crippen LogP contribution in [0, 0.1) is 10.1 Å². The minimum absolute atomic E-state index is 0.0582. The Kier molecular flexibility index (Phi) is 8.12. The van der Waals surface area contributed by atoms with Crippen molar-refractivity contribution in [3.8, 4) is 5.75 Å². The van der Waals surface area contributed by atoms with Crippen LogP contribution in [-0.4, -0.2) is 23.3 Å². The predicted molar refractivity (Wildman–Crippen MR) is 83.6 cm³/mol. The van der Waals surface area contributed by atoms with Crippen LogP contribution in [0.15, 0.2) is 24.3 Å². The van der Waals surface area contributed by atoms with Crippen molar-refractivity contribution in [2.45, 2.75) is 39.0 Å². The van der Waals surface area contributed by atoms with E-state index in [1.807, 2.05) is 0 Å². The van der Waals surface area contributed by atoms with E-state index < -0.39 is 10.8 Å². The van der Waals surface area contributed by atoms with E-state index in [1.54, 1.807) is 0 Å². The van der Waals surface area contributed by atoms with E-state index in [1.165, 1.54) is 24.3 Å². The Morgan fingerprint density at radius 1 is 1.09 bits per heavy atom. The van der Waals surface area contributed by atoms with Crippen molar-refractivity contribution in [2.24, 2.45) is 0 Å². The molecule has 2 amide bonds. The molecular weight excluding hydrogens is 302 g/mol. The number of ether oxygens (including phenoxy) is 1. The summed E-state index contributed by atoms with van der Waals surface area (Å²) in [4.78, 5) is 32.9. The van der Waals surface area contributed by atoms with Crippen molar-refractivity contribution in [3.63, 3.8) is 0 Å². The minimum Gasteiger partial charge on any atom is -0.484 e. The lowest BCUT2D eigenvalue weighted by Crippen LogP contribution is -2.43. The maximum absolute atomic E-state index is 11.5. The summed E-state index contributed by atoms with van der Waals surface area (Å²) in [5.74, 6) is -0.424. The zero-order chi connectivity index (χ0) is 17.1. The number of non-ortho nitro benzene ring substituents is 1. The molecule has 0 spiro atoms. The maximum Gasteiger partial charge on any atom is 0.276 e. The molecule has 0 fully saturated rings. The highest BCUT2D eigenvalue weighted by Gasteiger charge is 2.07. The van der Waals surface area contributed by atoms with Gasteiger partial charge in [-0.15, -0.1) is 0 Å². The largest absolute Gasteiger partial charge is 0.484 e. The van der Waals surface area contributed by atoms with Crippen molar-refractivity contribution >= 4 is 17.5 Å². The first-order valence-electron chi connectivity index (χ1n) is 7.48. The number of hydrogen-bond donors (Lipinski definition) is 2. The van der Waals surface area contributed by atoms with Crippen LogP contribution in [-0.2, 0) is 9.59 Å². The van der Waals surface area contributed by atoms with Crippen LogP contribution in [0.25, 0.3) is 0 Å². The van der Waals surface area contributed by atoms with Crippen LogP contribution in [0.4, 0.5) is 5.69 Å². The maximum atomic E-state index is 11.5. The Morgan fingerprint density at radius 3 is 2.35 bits per heavy atom. The number of rotatable bonds is 9. The fourth-order valence-electron chi connectivity index (χ4n) is 1.76. The third-order valence-corrected chi connectivity index (χ3v) is 3.02. The van der Waals surface area contributed by atoms with Crippen molar-refractivity contribution in [1.82, 2.24) is 10.9 Å². The van der Waals surface area contributed by atoms with Gasteiger partial charge in [0.15, 0.2) is 6.61 Å². The first kappa shape index (κ1) is 18.4. The average Bonchev–Trinajstić information content (AvgIpc) is 2.55. The summed E-state index contributed by atoms with van der Waals surface area (Å²) in [6, 6.07) is 5.37. The van der Waals surface area contributed by atoms with Gasteiger partial charge in [-0.05, 0) is 18.6 Å². The number of hydrazine groups is 1. The number of nitrogens with zero attached hydrogens (tertiary/aromatic N) is 1.